The van der Waals surface area contributed by atoms with Crippen LogP contribution in [0.5, 0.6) is 5.75 Å². The van der Waals surface area contributed by atoms with E-state index >= 15 is 0 Å². The fourth-order valence-electron chi connectivity index (χ4n) is 3.29. The Morgan fingerprint density at radius 2 is 2.09 bits per heavy atom. The number of ether oxygens (including phenoxy) is 1. The number of amides is 1. The molecule has 1 unspecified atom stereocenters. The predicted octanol–water partition coefficient (Wildman–Crippen LogP) is 3.20. The van der Waals surface area contributed by atoms with Gasteiger partial charge >= 0.3 is 0 Å². The molecule has 2 heterocycles. The number of methoxy groups -OCH3 is 1. The molecule has 1 aliphatic heterocycles. The summed E-state index contributed by atoms with van der Waals surface area (Å²) >= 11 is 0. The van der Waals surface area contributed by atoms with Crippen molar-refractivity contribution >= 4 is 5.91 Å². The summed E-state index contributed by atoms with van der Waals surface area (Å²) in [5.41, 5.74) is 2.73. The van der Waals surface area contributed by atoms with Gasteiger partial charge in [0.1, 0.15) is 11.4 Å². The summed E-state index contributed by atoms with van der Waals surface area (Å²) in [6, 6.07) is 10.0. The average Bonchev–Trinajstić information content (AvgIpc) is 3.20. The van der Waals surface area contributed by atoms with E-state index in [1.54, 1.807) is 11.8 Å². The van der Waals surface area contributed by atoms with E-state index < -0.39 is 0 Å². The van der Waals surface area contributed by atoms with Crippen LogP contribution in [-0.4, -0.2) is 34.2 Å². The molecule has 1 saturated heterocycles. The summed E-state index contributed by atoms with van der Waals surface area (Å²) in [5, 5.41) is 4.39. The number of likely N-dealkylation sites (tertiary alicyclic amines) is 1. The maximum absolute atomic E-state index is 13.0. The predicted molar refractivity (Wildman–Crippen MR) is 88.6 cm³/mol. The average molecular weight is 313 g/mol. The van der Waals surface area contributed by atoms with Crippen molar-refractivity contribution in [3.8, 4) is 5.75 Å². The minimum absolute atomic E-state index is 0.0748. The van der Waals surface area contributed by atoms with Crippen LogP contribution >= 0.6 is 0 Å². The molecule has 1 amide bonds. The van der Waals surface area contributed by atoms with Crippen molar-refractivity contribution in [2.45, 2.75) is 39.3 Å². The molecule has 0 N–H and O–H groups in total. The van der Waals surface area contributed by atoms with E-state index in [9.17, 15) is 4.79 Å². The molecule has 5 nitrogen and oxygen atoms in total. The Balaban J connectivity index is 1.86. The van der Waals surface area contributed by atoms with Gasteiger partial charge in [-0.2, -0.15) is 5.10 Å². The number of aryl methyl sites for hydroxylation is 2. The van der Waals surface area contributed by atoms with Crippen LogP contribution in [0.15, 0.2) is 30.3 Å². The van der Waals surface area contributed by atoms with Crippen molar-refractivity contribution in [3.05, 3.63) is 47.3 Å². The molecule has 3 rings (SSSR count). The number of hydrogen-bond donors (Lipinski definition) is 0. The van der Waals surface area contributed by atoms with Crippen LogP contribution < -0.4 is 4.74 Å². The molecule has 1 fully saturated rings. The molecule has 1 aliphatic rings. The van der Waals surface area contributed by atoms with E-state index in [1.165, 1.54) is 0 Å². The molecular weight excluding hydrogens is 290 g/mol. The Labute approximate surface area is 136 Å². The summed E-state index contributed by atoms with van der Waals surface area (Å²) in [6.07, 6.45) is 2.03. The van der Waals surface area contributed by atoms with Gasteiger partial charge in [-0.05, 0) is 50.5 Å². The lowest BCUT2D eigenvalue weighted by molar-refractivity contribution is 0.0723. The lowest BCUT2D eigenvalue weighted by Gasteiger charge is -2.25. The minimum atomic E-state index is 0.0748. The quantitative estimate of drug-likeness (QED) is 0.871. The molecule has 0 saturated carbocycles. The van der Waals surface area contributed by atoms with Gasteiger partial charge in [-0.15, -0.1) is 0 Å². The number of benzene rings is 1. The molecule has 0 spiro atoms. The Morgan fingerprint density at radius 3 is 2.74 bits per heavy atom. The Morgan fingerprint density at radius 1 is 1.35 bits per heavy atom. The first-order valence-corrected chi connectivity index (χ1v) is 8.13. The van der Waals surface area contributed by atoms with Crippen LogP contribution in [0.25, 0.3) is 0 Å². The van der Waals surface area contributed by atoms with Crippen molar-refractivity contribution in [2.75, 3.05) is 13.7 Å². The zero-order valence-corrected chi connectivity index (χ0v) is 14.0. The molecular formula is C18H23N3O2. The maximum Gasteiger partial charge on any atom is 0.272 e. The van der Waals surface area contributed by atoms with E-state index in [-0.39, 0.29) is 11.9 Å². The summed E-state index contributed by atoms with van der Waals surface area (Å²) in [5.74, 6) is 0.912. The van der Waals surface area contributed by atoms with E-state index in [1.807, 2.05) is 36.9 Å². The smallest absolute Gasteiger partial charge is 0.272 e. The Kier molecular flexibility index (Phi) is 4.37. The minimum Gasteiger partial charge on any atom is -0.497 e. The number of nitrogens with zero attached hydrogens (tertiary/aromatic N) is 3. The van der Waals surface area contributed by atoms with Gasteiger partial charge in [-0.25, -0.2) is 0 Å². The third-order valence-electron chi connectivity index (χ3n) is 4.44. The highest BCUT2D eigenvalue weighted by Gasteiger charge is 2.32. The highest BCUT2D eigenvalue weighted by molar-refractivity contribution is 5.93. The zero-order chi connectivity index (χ0) is 16.4. The normalized spacial score (nSPS) is 17.5. The number of carbonyl (C=O) groups is 1. The molecule has 5 heteroatoms. The number of aromatic nitrogens is 2. The fourth-order valence-corrected chi connectivity index (χ4v) is 3.29. The summed E-state index contributed by atoms with van der Waals surface area (Å²) < 4.78 is 7.01. The van der Waals surface area contributed by atoms with Crippen LogP contribution in [0.4, 0.5) is 0 Å². The van der Waals surface area contributed by atoms with Crippen LogP contribution in [-0.2, 0) is 6.54 Å². The second kappa shape index (κ2) is 6.44. The Bertz CT molecular complexity index is 691. The monoisotopic (exact) mass is 313 g/mol. The van der Waals surface area contributed by atoms with E-state index in [0.29, 0.717) is 12.2 Å². The van der Waals surface area contributed by atoms with Crippen LogP contribution in [0, 0.1) is 6.92 Å². The second-order valence-electron chi connectivity index (χ2n) is 5.92. The van der Waals surface area contributed by atoms with Gasteiger partial charge < -0.3 is 9.64 Å². The van der Waals surface area contributed by atoms with Crippen LogP contribution in [0.3, 0.4) is 0 Å². The Hall–Kier alpha value is -2.30. The first-order chi connectivity index (χ1) is 11.1. The summed E-state index contributed by atoms with van der Waals surface area (Å²) in [4.78, 5) is 15.0. The first kappa shape index (κ1) is 15.6. The molecule has 122 valence electrons. The van der Waals surface area contributed by atoms with Gasteiger partial charge in [-0.3, -0.25) is 9.48 Å². The van der Waals surface area contributed by atoms with Gasteiger partial charge in [0.15, 0.2) is 0 Å². The number of hydrogen-bond acceptors (Lipinski definition) is 3. The van der Waals surface area contributed by atoms with Crippen molar-refractivity contribution in [2.24, 2.45) is 0 Å². The first-order valence-electron chi connectivity index (χ1n) is 8.13. The molecule has 2 aromatic rings. The van der Waals surface area contributed by atoms with Crippen molar-refractivity contribution in [1.29, 1.82) is 0 Å². The van der Waals surface area contributed by atoms with Crippen molar-refractivity contribution < 1.29 is 9.53 Å². The molecule has 23 heavy (non-hydrogen) atoms. The fraction of sp³-hybridized carbons (Fsp3) is 0.444. The van der Waals surface area contributed by atoms with Crippen LogP contribution in [0.1, 0.15) is 47.6 Å². The summed E-state index contributed by atoms with van der Waals surface area (Å²) in [6.45, 7) is 5.43. The van der Waals surface area contributed by atoms with E-state index in [4.69, 9.17) is 4.74 Å². The highest BCUT2D eigenvalue weighted by Crippen LogP contribution is 2.34. The molecule has 1 aromatic carbocycles. The van der Waals surface area contributed by atoms with Crippen molar-refractivity contribution in [3.63, 3.8) is 0 Å². The lowest BCUT2D eigenvalue weighted by Crippen LogP contribution is -2.32. The molecule has 0 radical (unpaired) electrons. The second-order valence-corrected chi connectivity index (χ2v) is 5.92. The van der Waals surface area contributed by atoms with Gasteiger partial charge in [0.2, 0.25) is 0 Å². The lowest BCUT2D eigenvalue weighted by atomic mass is 10.0. The topological polar surface area (TPSA) is 47.4 Å². The largest absolute Gasteiger partial charge is 0.497 e. The van der Waals surface area contributed by atoms with E-state index in [0.717, 1.165) is 36.4 Å². The molecule has 0 bridgehead atoms. The highest BCUT2D eigenvalue weighted by atomic mass is 16.5. The van der Waals surface area contributed by atoms with Gasteiger partial charge in [0.25, 0.3) is 5.91 Å². The standard InChI is InChI=1S/C18H23N3O2/c1-4-21-17(12-13(2)19-21)18(22)20-11-5-6-16(20)14-7-9-15(23-3)10-8-14/h7-10,12,16H,4-6,11H2,1-3H3. The maximum atomic E-state index is 13.0. The zero-order valence-electron chi connectivity index (χ0n) is 14.0. The number of rotatable bonds is 4. The third kappa shape index (κ3) is 2.96. The van der Waals surface area contributed by atoms with Gasteiger partial charge in [0, 0.05) is 13.1 Å². The van der Waals surface area contributed by atoms with Gasteiger partial charge in [-0.1, -0.05) is 12.1 Å². The van der Waals surface area contributed by atoms with Crippen LogP contribution in [0.2, 0.25) is 0 Å². The number of carbonyl (C=O) groups excluding carboxylic acids is 1. The molecule has 0 aliphatic carbocycles. The molecule has 1 aromatic heterocycles. The third-order valence-corrected chi connectivity index (χ3v) is 4.44. The summed E-state index contributed by atoms with van der Waals surface area (Å²) in [7, 11) is 1.66. The SMILES string of the molecule is CCn1nc(C)cc1C(=O)N1CCCC1c1ccc(OC)cc1. The van der Waals surface area contributed by atoms with E-state index in [2.05, 4.69) is 17.2 Å². The molecule has 1 atom stereocenters. The van der Waals surface area contributed by atoms with Gasteiger partial charge in [0.05, 0.1) is 18.8 Å². The van der Waals surface area contributed by atoms with Crippen molar-refractivity contribution in [1.82, 2.24) is 14.7 Å².